The summed E-state index contributed by atoms with van der Waals surface area (Å²) in [6.07, 6.45) is 0.445. The Morgan fingerprint density at radius 3 is 2.30 bits per heavy atom. The quantitative estimate of drug-likeness (QED) is 0.305. The van der Waals surface area contributed by atoms with Crippen molar-refractivity contribution in [3.63, 3.8) is 0 Å². The largest absolute Gasteiger partial charge is 0.459 e. The number of Topliss-reactive ketones (excluding diaryl/α,β-unsaturated/α-hetero) is 1. The number of nitrogens with zero attached hydrogens (tertiary/aromatic N) is 2. The van der Waals surface area contributed by atoms with E-state index in [2.05, 4.69) is 32.6 Å². The molecule has 4 aliphatic heterocycles. The monoisotopic (exact) mass is 668 g/mol. The van der Waals surface area contributed by atoms with Crippen LogP contribution in [0.25, 0.3) is 0 Å². The summed E-state index contributed by atoms with van der Waals surface area (Å²) in [6.45, 7) is 21.9. The molecule has 4 fully saturated rings. The Bertz CT molecular complexity index is 1020. The van der Waals surface area contributed by atoms with E-state index in [1.165, 1.54) is 0 Å². The van der Waals surface area contributed by atoms with E-state index in [9.17, 15) is 19.8 Å². The number of carbonyl (C=O) groups excluding carboxylic acids is 2. The topological polar surface area (TPSA) is 118 Å². The molecule has 274 valence electrons. The van der Waals surface area contributed by atoms with Gasteiger partial charge in [-0.15, -0.1) is 0 Å². The van der Waals surface area contributed by atoms with Crippen LogP contribution in [-0.4, -0.2) is 120 Å². The number of aliphatic hydroxyl groups is 2. The van der Waals surface area contributed by atoms with Crippen LogP contribution in [0.3, 0.4) is 0 Å². The third-order valence-electron chi connectivity index (χ3n) is 11.6. The lowest BCUT2D eigenvalue weighted by molar-refractivity contribution is -0.298. The number of likely N-dealkylation sites (N-methyl/N-ethyl adjacent to an activating group) is 1. The van der Waals surface area contributed by atoms with Gasteiger partial charge in [0.15, 0.2) is 12.1 Å². The minimum Gasteiger partial charge on any atom is -0.459 e. The maximum atomic E-state index is 14.3. The molecule has 0 aliphatic carbocycles. The molecule has 10 heteroatoms. The average Bonchev–Trinajstić information content (AvgIpc) is 3.00. The molecule has 2 N–H and O–H groups in total. The molecule has 1 unspecified atom stereocenters. The second-order valence-corrected chi connectivity index (χ2v) is 16.0. The maximum absolute atomic E-state index is 14.3. The summed E-state index contributed by atoms with van der Waals surface area (Å²) in [6, 6.07) is -0.146. The Morgan fingerprint density at radius 2 is 1.70 bits per heavy atom. The van der Waals surface area contributed by atoms with Crippen molar-refractivity contribution in [3.05, 3.63) is 0 Å². The van der Waals surface area contributed by atoms with Crippen LogP contribution in [0.4, 0.5) is 0 Å². The molecule has 14 atom stereocenters. The molecule has 4 saturated heterocycles. The molecule has 4 heterocycles. The highest BCUT2D eigenvalue weighted by Gasteiger charge is 2.51. The van der Waals surface area contributed by atoms with E-state index >= 15 is 0 Å². The van der Waals surface area contributed by atoms with Crippen LogP contribution in [0.2, 0.25) is 0 Å². The molecule has 0 aromatic carbocycles. The Balaban J connectivity index is 2.22. The molecule has 0 saturated carbocycles. The second kappa shape index (κ2) is 16.7. The van der Waals surface area contributed by atoms with E-state index in [0.717, 1.165) is 32.4 Å². The fourth-order valence-electron chi connectivity index (χ4n) is 8.63. The summed E-state index contributed by atoms with van der Waals surface area (Å²) in [4.78, 5) is 32.5. The van der Waals surface area contributed by atoms with Gasteiger partial charge in [0.2, 0.25) is 0 Å². The third kappa shape index (κ3) is 9.35. The van der Waals surface area contributed by atoms with Crippen LogP contribution in [-0.2, 0) is 28.5 Å². The zero-order chi connectivity index (χ0) is 35.4. The zero-order valence-electron chi connectivity index (χ0n) is 31.5. The molecule has 4 aliphatic rings. The third-order valence-corrected chi connectivity index (χ3v) is 11.6. The van der Waals surface area contributed by atoms with E-state index in [0.29, 0.717) is 25.9 Å². The van der Waals surface area contributed by atoms with Crippen molar-refractivity contribution in [2.45, 2.75) is 162 Å². The van der Waals surface area contributed by atoms with Crippen molar-refractivity contribution in [3.8, 4) is 0 Å². The predicted octanol–water partition coefficient (Wildman–Crippen LogP) is 4.67. The Kier molecular flexibility index (Phi) is 14.3. The summed E-state index contributed by atoms with van der Waals surface area (Å²) < 4.78 is 26.1. The number of ether oxygens (including phenoxy) is 4. The first kappa shape index (κ1) is 40.3. The van der Waals surface area contributed by atoms with Gasteiger partial charge in [-0.1, -0.05) is 34.6 Å². The van der Waals surface area contributed by atoms with E-state index in [4.69, 9.17) is 18.9 Å². The molecule has 2 bridgehead atoms. The highest BCUT2D eigenvalue weighted by Crippen LogP contribution is 2.41. The van der Waals surface area contributed by atoms with Gasteiger partial charge in [-0.3, -0.25) is 9.59 Å². The lowest BCUT2D eigenvalue weighted by Crippen LogP contribution is -2.60. The van der Waals surface area contributed by atoms with Crippen LogP contribution in [0.1, 0.15) is 108 Å². The molecule has 10 nitrogen and oxygen atoms in total. The molecule has 0 aromatic heterocycles. The highest BCUT2D eigenvalue weighted by atomic mass is 16.7. The summed E-state index contributed by atoms with van der Waals surface area (Å²) >= 11 is 0. The molecular weight excluding hydrogens is 600 g/mol. The first-order chi connectivity index (χ1) is 21.9. The summed E-state index contributed by atoms with van der Waals surface area (Å²) in [7, 11) is 3.86. The smallest absolute Gasteiger partial charge is 0.316 e. The van der Waals surface area contributed by atoms with Gasteiger partial charge >= 0.3 is 5.97 Å². The van der Waals surface area contributed by atoms with Crippen molar-refractivity contribution in [1.29, 1.82) is 0 Å². The summed E-state index contributed by atoms with van der Waals surface area (Å²) in [5.74, 6) is -2.72. The normalized spacial score (nSPS) is 45.4. The first-order valence-electron chi connectivity index (χ1n) is 18.4. The number of carbonyl (C=O) groups is 2. The molecule has 0 radical (unpaired) electrons. The number of hydrogen-bond acceptors (Lipinski definition) is 10. The van der Waals surface area contributed by atoms with E-state index in [-0.39, 0.29) is 41.7 Å². The molecule has 0 amide bonds. The van der Waals surface area contributed by atoms with Gasteiger partial charge in [0, 0.05) is 31.2 Å². The van der Waals surface area contributed by atoms with Crippen molar-refractivity contribution < 1.29 is 38.7 Å². The summed E-state index contributed by atoms with van der Waals surface area (Å²) in [5.41, 5.74) is -2.26. The lowest BCUT2D eigenvalue weighted by Gasteiger charge is -2.48. The van der Waals surface area contributed by atoms with Gasteiger partial charge in [-0.2, -0.15) is 0 Å². The molecule has 4 rings (SSSR count). The van der Waals surface area contributed by atoms with Gasteiger partial charge in [-0.25, -0.2) is 0 Å². The fourth-order valence-corrected chi connectivity index (χ4v) is 8.63. The van der Waals surface area contributed by atoms with Gasteiger partial charge < -0.3 is 39.0 Å². The predicted molar refractivity (Wildman–Crippen MR) is 183 cm³/mol. The van der Waals surface area contributed by atoms with E-state index in [1.54, 1.807) is 13.8 Å². The fraction of sp³-hybridized carbons (Fsp3) is 0.946. The van der Waals surface area contributed by atoms with Crippen LogP contribution in [0.15, 0.2) is 0 Å². The van der Waals surface area contributed by atoms with E-state index in [1.807, 2.05) is 46.7 Å². The summed E-state index contributed by atoms with van der Waals surface area (Å²) in [5, 5.41) is 23.7. The lowest BCUT2D eigenvalue weighted by atomic mass is 9.72. The number of hydrogen-bond donors (Lipinski definition) is 2. The Morgan fingerprint density at radius 1 is 1.04 bits per heavy atom. The van der Waals surface area contributed by atoms with Crippen LogP contribution in [0, 0.1) is 29.6 Å². The van der Waals surface area contributed by atoms with Crippen LogP contribution < -0.4 is 0 Å². The Hall–Kier alpha value is -1.14. The molecular formula is C37H68N2O8. The number of fused-ring (bicyclic) bond motifs is 15. The minimum absolute atomic E-state index is 0.0455. The van der Waals surface area contributed by atoms with E-state index < -0.39 is 53.6 Å². The minimum atomic E-state index is -1.29. The SMILES string of the molecule is CCCN1C[C@H](C)[C@H]2CCC(C)CO[C@](C)(C[C@H]1C)[C@H](O[C@@H]1O[C@H](C)C[C@H](N(C)C)[C@H]1O)[C@@H](C)C(=O)[C@@H](C)C(=O)O[C@H](CC)[C@@]2(C)O. The van der Waals surface area contributed by atoms with Crippen molar-refractivity contribution in [2.75, 3.05) is 33.8 Å². The highest BCUT2D eigenvalue weighted by molar-refractivity contribution is 6.00. The van der Waals surface area contributed by atoms with Crippen molar-refractivity contribution in [2.24, 2.45) is 29.6 Å². The van der Waals surface area contributed by atoms with Gasteiger partial charge in [0.05, 0.1) is 17.8 Å². The second-order valence-electron chi connectivity index (χ2n) is 16.0. The standard InChI is InChI=1S/C37H68N2O8/c1-13-17-39-20-23(4)28-16-15-22(3)21-44-36(9,19-24(39)5)33(47-35-32(41)29(38(11)12)18-25(6)45-35)26(7)31(40)27(8)34(42)46-30(14-2)37(28,10)43/h22-30,32-33,35,41,43H,13-21H2,1-12H3/t22?,23-,24+,25+,26-,27+,28+,29-,30+,32+,33+,35-,36+,37-/m0/s1. The molecule has 47 heavy (non-hydrogen) atoms. The average molecular weight is 669 g/mol. The van der Waals surface area contributed by atoms with Gasteiger partial charge in [0.1, 0.15) is 23.7 Å². The molecule has 0 spiro atoms. The van der Waals surface area contributed by atoms with Crippen molar-refractivity contribution >= 4 is 11.8 Å². The molecule has 0 aromatic rings. The first-order valence-corrected chi connectivity index (χ1v) is 18.4. The van der Waals surface area contributed by atoms with Gasteiger partial charge in [0.25, 0.3) is 0 Å². The number of rotatable bonds is 6. The van der Waals surface area contributed by atoms with Gasteiger partial charge in [-0.05, 0) is 112 Å². The maximum Gasteiger partial charge on any atom is 0.316 e. The Labute approximate surface area is 285 Å². The number of esters is 1. The number of ketones is 1. The zero-order valence-corrected chi connectivity index (χ0v) is 31.5. The number of aliphatic hydroxyl groups excluding tert-OH is 1. The van der Waals surface area contributed by atoms with Crippen LogP contribution in [0.5, 0.6) is 0 Å². The van der Waals surface area contributed by atoms with Crippen LogP contribution >= 0.6 is 0 Å². The van der Waals surface area contributed by atoms with Crippen molar-refractivity contribution in [1.82, 2.24) is 9.80 Å².